The molecular weight excluding hydrogens is 438 g/mol. The molecule has 0 aliphatic rings. The van der Waals surface area contributed by atoms with Gasteiger partial charge in [-0.3, -0.25) is 14.3 Å². The van der Waals surface area contributed by atoms with E-state index in [1.54, 1.807) is 16.3 Å². The topological polar surface area (TPSA) is 99.6 Å². The van der Waals surface area contributed by atoms with Crippen LogP contribution in [0.15, 0.2) is 70.6 Å². The van der Waals surface area contributed by atoms with E-state index in [1.165, 1.54) is 16.4 Å². The zero-order valence-corrected chi connectivity index (χ0v) is 19.7. The molecule has 10 heteroatoms. The number of carbonyl (C=O) groups excluding carboxylic acids is 1. The number of amides is 1. The lowest BCUT2D eigenvalue weighted by Crippen LogP contribution is -2.33. The van der Waals surface area contributed by atoms with Crippen LogP contribution in [0.2, 0.25) is 0 Å². The standard InChI is InChI=1S/C23H25N7O2S/c1-15(18-11-7-5-8-12-18)24-21(31)17(3)33-23-25-26-27-29(23)20-16(2)28(4)30(22(20)32)19-13-9-6-10-14-19/h5-15,17H,1-4H3,(H,24,31). The van der Waals surface area contributed by atoms with E-state index in [-0.39, 0.29) is 17.5 Å². The van der Waals surface area contributed by atoms with Crippen molar-refractivity contribution in [1.82, 2.24) is 34.9 Å². The van der Waals surface area contributed by atoms with Gasteiger partial charge >= 0.3 is 0 Å². The minimum atomic E-state index is -0.471. The summed E-state index contributed by atoms with van der Waals surface area (Å²) in [5.41, 5.74) is 2.57. The summed E-state index contributed by atoms with van der Waals surface area (Å²) in [6.45, 7) is 5.56. The summed E-state index contributed by atoms with van der Waals surface area (Å²) in [7, 11) is 1.81. The van der Waals surface area contributed by atoms with Gasteiger partial charge in [-0.15, -0.1) is 5.10 Å². The van der Waals surface area contributed by atoms with Crippen LogP contribution < -0.4 is 10.9 Å². The van der Waals surface area contributed by atoms with E-state index in [2.05, 4.69) is 20.8 Å². The molecule has 0 fully saturated rings. The summed E-state index contributed by atoms with van der Waals surface area (Å²) in [5.74, 6) is -0.141. The van der Waals surface area contributed by atoms with Gasteiger partial charge in [0.15, 0.2) is 5.69 Å². The molecule has 4 aromatic rings. The van der Waals surface area contributed by atoms with Crippen molar-refractivity contribution >= 4 is 17.7 Å². The number of rotatable bonds is 7. The molecule has 33 heavy (non-hydrogen) atoms. The van der Waals surface area contributed by atoms with E-state index in [0.717, 1.165) is 11.3 Å². The highest BCUT2D eigenvalue weighted by molar-refractivity contribution is 8.00. The monoisotopic (exact) mass is 463 g/mol. The van der Waals surface area contributed by atoms with E-state index in [0.29, 0.717) is 16.5 Å². The summed E-state index contributed by atoms with van der Waals surface area (Å²) < 4.78 is 4.74. The quantitative estimate of drug-likeness (QED) is 0.423. The minimum Gasteiger partial charge on any atom is -0.349 e. The molecule has 0 saturated carbocycles. The number of nitrogens with zero attached hydrogens (tertiary/aromatic N) is 6. The van der Waals surface area contributed by atoms with Crippen molar-refractivity contribution in [3.63, 3.8) is 0 Å². The van der Waals surface area contributed by atoms with Crippen LogP contribution in [0.1, 0.15) is 31.1 Å². The third-order valence-corrected chi connectivity index (χ3v) is 6.52. The fourth-order valence-electron chi connectivity index (χ4n) is 3.56. The molecule has 1 N–H and O–H groups in total. The number of thioether (sulfide) groups is 1. The number of nitrogens with one attached hydrogen (secondary N) is 1. The van der Waals surface area contributed by atoms with Gasteiger partial charge in [0.2, 0.25) is 11.1 Å². The Kier molecular flexibility index (Phi) is 6.45. The van der Waals surface area contributed by atoms with Crippen molar-refractivity contribution in [2.75, 3.05) is 0 Å². The number of aromatic nitrogens is 6. The highest BCUT2D eigenvalue weighted by atomic mass is 32.2. The van der Waals surface area contributed by atoms with E-state index in [1.807, 2.05) is 81.6 Å². The number of carbonyl (C=O) groups is 1. The van der Waals surface area contributed by atoms with Crippen LogP contribution in [0.5, 0.6) is 0 Å². The van der Waals surface area contributed by atoms with Crippen LogP contribution in [0, 0.1) is 6.92 Å². The average Bonchev–Trinajstić information content (AvgIpc) is 3.36. The van der Waals surface area contributed by atoms with Crippen LogP contribution in [-0.4, -0.2) is 40.7 Å². The molecule has 9 nitrogen and oxygen atoms in total. The maximum atomic E-state index is 13.3. The van der Waals surface area contributed by atoms with Crippen molar-refractivity contribution in [2.45, 2.75) is 37.2 Å². The van der Waals surface area contributed by atoms with Gasteiger partial charge in [-0.05, 0) is 48.9 Å². The second-order valence-electron chi connectivity index (χ2n) is 7.68. The first-order valence-electron chi connectivity index (χ1n) is 10.5. The van der Waals surface area contributed by atoms with Gasteiger partial charge < -0.3 is 5.32 Å². The first-order chi connectivity index (χ1) is 15.9. The molecule has 1 amide bonds. The number of tetrazole rings is 1. The molecule has 2 aromatic heterocycles. The Morgan fingerprint density at radius 2 is 1.67 bits per heavy atom. The Labute approximate surface area is 195 Å². The van der Waals surface area contributed by atoms with Crippen molar-refractivity contribution in [3.05, 3.63) is 82.3 Å². The molecule has 0 spiro atoms. The fraction of sp³-hybridized carbons (Fsp3) is 0.261. The minimum absolute atomic E-state index is 0.132. The zero-order chi connectivity index (χ0) is 23.5. The van der Waals surface area contributed by atoms with Crippen molar-refractivity contribution in [3.8, 4) is 11.4 Å². The van der Waals surface area contributed by atoms with Crippen LogP contribution in [0.3, 0.4) is 0 Å². The Morgan fingerprint density at radius 3 is 2.33 bits per heavy atom. The largest absolute Gasteiger partial charge is 0.349 e. The Morgan fingerprint density at radius 1 is 1.03 bits per heavy atom. The lowest BCUT2D eigenvalue weighted by molar-refractivity contribution is -0.120. The maximum Gasteiger partial charge on any atom is 0.297 e. The molecule has 0 aliphatic carbocycles. The predicted octanol–water partition coefficient (Wildman–Crippen LogP) is 2.82. The van der Waals surface area contributed by atoms with E-state index >= 15 is 0 Å². The van der Waals surface area contributed by atoms with E-state index in [9.17, 15) is 9.59 Å². The highest BCUT2D eigenvalue weighted by Crippen LogP contribution is 2.24. The second kappa shape index (κ2) is 9.45. The first-order valence-corrected chi connectivity index (χ1v) is 11.4. The number of hydrogen-bond acceptors (Lipinski definition) is 6. The average molecular weight is 464 g/mol. The van der Waals surface area contributed by atoms with Gasteiger partial charge in [0, 0.05) is 7.05 Å². The normalized spacial score (nSPS) is 13.0. The van der Waals surface area contributed by atoms with Gasteiger partial charge in [0.05, 0.1) is 22.7 Å². The third-order valence-electron chi connectivity index (χ3n) is 5.49. The van der Waals surface area contributed by atoms with Crippen LogP contribution in [-0.2, 0) is 11.8 Å². The van der Waals surface area contributed by atoms with Gasteiger partial charge in [0.25, 0.3) is 5.56 Å². The fourth-order valence-corrected chi connectivity index (χ4v) is 4.36. The smallest absolute Gasteiger partial charge is 0.297 e. The lowest BCUT2D eigenvalue weighted by atomic mass is 10.1. The van der Waals surface area contributed by atoms with Crippen LogP contribution >= 0.6 is 11.8 Å². The molecule has 2 heterocycles. The first kappa shape index (κ1) is 22.5. The highest BCUT2D eigenvalue weighted by Gasteiger charge is 2.25. The summed E-state index contributed by atoms with van der Waals surface area (Å²) in [5, 5.41) is 14.8. The number of hydrogen-bond donors (Lipinski definition) is 1. The summed E-state index contributed by atoms with van der Waals surface area (Å²) >= 11 is 1.20. The van der Waals surface area contributed by atoms with E-state index < -0.39 is 5.25 Å². The Hall–Kier alpha value is -3.66. The zero-order valence-electron chi connectivity index (χ0n) is 18.8. The second-order valence-corrected chi connectivity index (χ2v) is 8.99. The molecule has 0 bridgehead atoms. The predicted molar refractivity (Wildman–Crippen MR) is 127 cm³/mol. The van der Waals surface area contributed by atoms with Gasteiger partial charge in [-0.2, -0.15) is 4.68 Å². The van der Waals surface area contributed by atoms with Gasteiger partial charge in [-0.1, -0.05) is 60.3 Å². The molecular formula is C23H25N7O2S. The molecule has 2 aromatic carbocycles. The SMILES string of the molecule is Cc1c(-n2nnnc2SC(C)C(=O)NC(C)c2ccccc2)c(=O)n(-c2ccccc2)n1C. The molecule has 2 unspecified atom stereocenters. The lowest BCUT2D eigenvalue weighted by Gasteiger charge is -2.17. The van der Waals surface area contributed by atoms with E-state index in [4.69, 9.17) is 0 Å². The summed E-state index contributed by atoms with van der Waals surface area (Å²) in [4.78, 5) is 26.1. The molecule has 2 atom stereocenters. The molecule has 0 aliphatic heterocycles. The molecule has 0 saturated heterocycles. The number of benzene rings is 2. The van der Waals surface area contributed by atoms with Crippen LogP contribution in [0.25, 0.3) is 11.4 Å². The summed E-state index contributed by atoms with van der Waals surface area (Å²) in [6, 6.07) is 19.0. The molecule has 170 valence electrons. The summed E-state index contributed by atoms with van der Waals surface area (Å²) in [6.07, 6.45) is 0. The Bertz CT molecular complexity index is 1310. The Balaban J connectivity index is 1.58. The van der Waals surface area contributed by atoms with Gasteiger partial charge in [0.1, 0.15) is 0 Å². The number of para-hydroxylation sites is 1. The maximum absolute atomic E-state index is 13.3. The van der Waals surface area contributed by atoms with Crippen LogP contribution in [0.4, 0.5) is 0 Å². The molecule has 0 radical (unpaired) electrons. The third kappa shape index (κ3) is 4.47. The van der Waals surface area contributed by atoms with Gasteiger partial charge in [-0.25, -0.2) is 4.68 Å². The van der Waals surface area contributed by atoms with Crippen molar-refractivity contribution in [1.29, 1.82) is 0 Å². The van der Waals surface area contributed by atoms with Crippen molar-refractivity contribution in [2.24, 2.45) is 7.05 Å². The molecule has 4 rings (SSSR count). The van der Waals surface area contributed by atoms with Crippen molar-refractivity contribution < 1.29 is 4.79 Å².